The van der Waals surface area contributed by atoms with E-state index in [1.165, 1.54) is 57.8 Å². The van der Waals surface area contributed by atoms with E-state index in [1.807, 2.05) is 12.1 Å². The van der Waals surface area contributed by atoms with E-state index in [1.54, 1.807) is 18.0 Å². The quantitative estimate of drug-likeness (QED) is 0.123. The third-order valence-electron chi connectivity index (χ3n) is 12.8. The van der Waals surface area contributed by atoms with Crippen LogP contribution in [0.1, 0.15) is 137 Å². The lowest BCUT2D eigenvalue weighted by atomic mass is 9.47. The molecule has 4 aliphatic carbocycles. The van der Waals surface area contributed by atoms with Crippen LogP contribution in [-0.4, -0.2) is 23.7 Å². The predicted molar refractivity (Wildman–Crippen MR) is 176 cm³/mol. The lowest BCUT2D eigenvalue weighted by Gasteiger charge is -2.58. The van der Waals surface area contributed by atoms with Crippen molar-refractivity contribution in [1.29, 1.82) is 0 Å². The van der Waals surface area contributed by atoms with Crippen LogP contribution >= 0.6 is 0 Å². The number of hydrogen-bond donors (Lipinski definition) is 0. The Kier molecular flexibility index (Phi) is 11.0. The second-order valence-electron chi connectivity index (χ2n) is 15.8. The van der Waals surface area contributed by atoms with E-state index in [-0.39, 0.29) is 12.1 Å². The van der Waals surface area contributed by atoms with E-state index in [4.69, 9.17) is 9.47 Å². The van der Waals surface area contributed by atoms with Gasteiger partial charge in [0, 0.05) is 25.2 Å². The van der Waals surface area contributed by atoms with Crippen LogP contribution < -0.4 is 4.74 Å². The van der Waals surface area contributed by atoms with Crippen molar-refractivity contribution >= 4 is 5.97 Å². The number of rotatable bonds is 14. The highest BCUT2D eigenvalue weighted by Gasteiger charge is 2.59. The largest absolute Gasteiger partial charge is 0.493 e. The Morgan fingerprint density at radius 3 is 2.51 bits per heavy atom. The van der Waals surface area contributed by atoms with Crippen LogP contribution in [-0.2, 0) is 9.53 Å². The Labute approximate surface area is 263 Å². The molecule has 0 aromatic carbocycles. The number of hydrogen-bond acceptors (Lipinski definition) is 4. The van der Waals surface area contributed by atoms with Gasteiger partial charge in [0.25, 0.3) is 0 Å². The Morgan fingerprint density at radius 2 is 1.72 bits per heavy atom. The van der Waals surface area contributed by atoms with Gasteiger partial charge in [0.15, 0.2) is 0 Å². The van der Waals surface area contributed by atoms with Gasteiger partial charge in [0.2, 0.25) is 0 Å². The maximum absolute atomic E-state index is 12.7. The number of ether oxygens (including phenoxy) is 2. The summed E-state index contributed by atoms with van der Waals surface area (Å²) in [4.78, 5) is 16.7. The molecule has 0 bridgehead atoms. The van der Waals surface area contributed by atoms with Gasteiger partial charge in [0.05, 0.1) is 6.61 Å². The monoisotopic (exact) mass is 591 g/mol. The van der Waals surface area contributed by atoms with E-state index >= 15 is 0 Å². The first-order valence-electron chi connectivity index (χ1n) is 18.1. The molecule has 1 heterocycles. The highest BCUT2D eigenvalue weighted by Crippen LogP contribution is 2.67. The standard InChI is InChI=1S/C39H61NO3/c1-28(2)11-10-12-29(3)34-16-17-35-33-15-14-30-27-32(18-22-38(30,4)36(33)19-23-39(34,35)5)43-37(41)13-8-6-7-9-26-42-31-20-24-40-25-21-31/h14,20-21,24-25,28-29,32-36H,6-13,15-19,22-23,26-27H2,1-5H3/t29-,32?,33+,34-,35+,36+,38+,39-/m1/s1. The first-order valence-corrected chi connectivity index (χ1v) is 18.1. The van der Waals surface area contributed by atoms with Gasteiger partial charge in [-0.3, -0.25) is 9.78 Å². The molecule has 4 heteroatoms. The number of carbonyl (C=O) groups is 1. The molecule has 8 atom stereocenters. The summed E-state index contributed by atoms with van der Waals surface area (Å²) in [5.74, 6) is 6.07. The summed E-state index contributed by atoms with van der Waals surface area (Å²) in [7, 11) is 0. The van der Waals surface area contributed by atoms with Gasteiger partial charge in [-0.1, -0.05) is 78.4 Å². The number of pyridine rings is 1. The van der Waals surface area contributed by atoms with Gasteiger partial charge in [-0.25, -0.2) is 0 Å². The van der Waals surface area contributed by atoms with E-state index in [0.717, 1.165) is 79.8 Å². The van der Waals surface area contributed by atoms with Crippen molar-refractivity contribution in [1.82, 2.24) is 4.98 Å². The summed E-state index contributed by atoms with van der Waals surface area (Å²) in [5.41, 5.74) is 2.47. The fourth-order valence-electron chi connectivity index (χ4n) is 10.3. The molecule has 4 nitrogen and oxygen atoms in total. The lowest BCUT2D eigenvalue weighted by Crippen LogP contribution is -2.51. The highest BCUT2D eigenvalue weighted by molar-refractivity contribution is 5.69. The molecule has 3 fully saturated rings. The molecule has 0 radical (unpaired) electrons. The van der Waals surface area contributed by atoms with Gasteiger partial charge in [-0.2, -0.15) is 0 Å². The normalized spacial score (nSPS) is 34.1. The van der Waals surface area contributed by atoms with Crippen LogP contribution in [0.2, 0.25) is 0 Å². The van der Waals surface area contributed by atoms with Crippen LogP contribution in [0.15, 0.2) is 36.2 Å². The van der Waals surface area contributed by atoms with Crippen LogP contribution in [0, 0.1) is 46.3 Å². The molecule has 43 heavy (non-hydrogen) atoms. The maximum atomic E-state index is 12.7. The molecule has 0 aliphatic heterocycles. The van der Waals surface area contributed by atoms with Crippen LogP contribution in [0.25, 0.3) is 0 Å². The zero-order chi connectivity index (χ0) is 30.5. The van der Waals surface area contributed by atoms with Gasteiger partial charge in [0.1, 0.15) is 11.9 Å². The second-order valence-corrected chi connectivity index (χ2v) is 15.8. The first-order chi connectivity index (χ1) is 20.7. The van der Waals surface area contributed by atoms with Crippen molar-refractivity contribution < 1.29 is 14.3 Å². The van der Waals surface area contributed by atoms with Crippen molar-refractivity contribution in [2.24, 2.45) is 46.3 Å². The fourth-order valence-corrected chi connectivity index (χ4v) is 10.3. The molecule has 5 rings (SSSR count). The maximum Gasteiger partial charge on any atom is 0.306 e. The van der Waals surface area contributed by atoms with Crippen molar-refractivity contribution in [2.75, 3.05) is 6.61 Å². The second kappa shape index (κ2) is 14.5. The first kappa shape index (κ1) is 32.6. The number of carbonyl (C=O) groups excluding carboxylic acids is 1. The zero-order valence-corrected chi connectivity index (χ0v) is 28.1. The molecule has 1 aromatic heterocycles. The lowest BCUT2D eigenvalue weighted by molar-refractivity contribution is -0.151. The highest BCUT2D eigenvalue weighted by atomic mass is 16.5. The van der Waals surface area contributed by atoms with Gasteiger partial charge in [-0.15, -0.1) is 0 Å². The van der Waals surface area contributed by atoms with E-state index in [0.29, 0.717) is 23.9 Å². The number of aromatic nitrogens is 1. The minimum absolute atomic E-state index is 0.00358. The van der Waals surface area contributed by atoms with E-state index in [9.17, 15) is 4.79 Å². The fraction of sp³-hybridized carbons (Fsp3) is 0.795. The number of fused-ring (bicyclic) bond motifs is 5. The topological polar surface area (TPSA) is 48.4 Å². The average Bonchev–Trinajstić information content (AvgIpc) is 3.34. The molecule has 4 aliphatic rings. The molecule has 240 valence electrons. The summed E-state index contributed by atoms with van der Waals surface area (Å²) in [6.07, 6.45) is 25.2. The molecule has 3 saturated carbocycles. The summed E-state index contributed by atoms with van der Waals surface area (Å²) < 4.78 is 11.8. The van der Waals surface area contributed by atoms with Gasteiger partial charge < -0.3 is 9.47 Å². The van der Waals surface area contributed by atoms with Crippen molar-refractivity contribution in [3.8, 4) is 5.75 Å². The summed E-state index contributed by atoms with van der Waals surface area (Å²) in [5, 5.41) is 0. The minimum Gasteiger partial charge on any atom is -0.493 e. The van der Waals surface area contributed by atoms with Crippen LogP contribution in [0.3, 0.4) is 0 Å². The minimum atomic E-state index is 0.00358. The molecule has 0 spiro atoms. The number of unbranched alkanes of at least 4 members (excludes halogenated alkanes) is 3. The Balaban J connectivity index is 1.06. The Hall–Kier alpha value is -1.84. The molecule has 1 aromatic rings. The van der Waals surface area contributed by atoms with Gasteiger partial charge >= 0.3 is 5.97 Å². The third-order valence-corrected chi connectivity index (χ3v) is 12.8. The van der Waals surface area contributed by atoms with E-state index < -0.39 is 0 Å². The van der Waals surface area contributed by atoms with Crippen molar-refractivity contribution in [2.45, 2.75) is 143 Å². The molecule has 0 amide bonds. The smallest absolute Gasteiger partial charge is 0.306 e. The molecular formula is C39H61NO3. The number of esters is 1. The van der Waals surface area contributed by atoms with Gasteiger partial charge in [-0.05, 0) is 116 Å². The molecule has 1 unspecified atom stereocenters. The van der Waals surface area contributed by atoms with E-state index in [2.05, 4.69) is 45.7 Å². The van der Waals surface area contributed by atoms with Crippen molar-refractivity contribution in [3.63, 3.8) is 0 Å². The SMILES string of the molecule is CC(C)CCC[C@@H](C)[C@H]1CC[C@H]2[C@@H]3CC=C4CC(OC(=O)CCCCCCOc5ccncc5)CC[C@]4(C)[C@H]3CC[C@]12C. The third kappa shape index (κ3) is 7.52. The van der Waals surface area contributed by atoms with Crippen LogP contribution in [0.5, 0.6) is 5.75 Å². The molecule has 0 saturated heterocycles. The predicted octanol–water partition coefficient (Wildman–Crippen LogP) is 10.4. The summed E-state index contributed by atoms with van der Waals surface area (Å²) in [6.45, 7) is 13.3. The number of nitrogens with zero attached hydrogens (tertiary/aromatic N) is 1. The summed E-state index contributed by atoms with van der Waals surface area (Å²) in [6, 6.07) is 3.77. The Morgan fingerprint density at radius 1 is 0.930 bits per heavy atom. The molecular weight excluding hydrogens is 530 g/mol. The Bertz CT molecular complexity index is 1070. The molecule has 0 N–H and O–H groups in total. The number of allylic oxidation sites excluding steroid dienone is 1. The average molecular weight is 592 g/mol. The zero-order valence-electron chi connectivity index (χ0n) is 28.1. The summed E-state index contributed by atoms with van der Waals surface area (Å²) >= 11 is 0. The van der Waals surface area contributed by atoms with Crippen LogP contribution in [0.4, 0.5) is 0 Å². The van der Waals surface area contributed by atoms with Crippen molar-refractivity contribution in [3.05, 3.63) is 36.2 Å².